The highest BCUT2D eigenvalue weighted by atomic mass is 16.3. The number of anilines is 1. The van der Waals surface area contributed by atoms with E-state index in [9.17, 15) is 5.11 Å². The standard InChI is InChI=1S/C18H18N2O/c1-13-7-9-15(10-8-13)20-17(12-21)16-6-2-4-14-5-3-11-19-18(14)16/h2-11,17,20-21H,12H2,1H3. The number of hydrogen-bond donors (Lipinski definition) is 2. The molecule has 1 heterocycles. The van der Waals surface area contributed by atoms with Gasteiger partial charge >= 0.3 is 0 Å². The van der Waals surface area contributed by atoms with Gasteiger partial charge in [0.25, 0.3) is 0 Å². The zero-order valence-corrected chi connectivity index (χ0v) is 12.0. The fourth-order valence-electron chi connectivity index (χ4n) is 2.48. The van der Waals surface area contributed by atoms with Crippen LogP contribution in [0.3, 0.4) is 0 Å². The smallest absolute Gasteiger partial charge is 0.0766 e. The van der Waals surface area contributed by atoms with Crippen molar-refractivity contribution < 1.29 is 5.11 Å². The molecule has 0 fully saturated rings. The SMILES string of the molecule is Cc1ccc(NC(CO)c2cccc3cccnc23)cc1. The number of aliphatic hydroxyl groups excluding tert-OH is 1. The van der Waals surface area contributed by atoms with Gasteiger partial charge in [0.2, 0.25) is 0 Å². The fourth-order valence-corrected chi connectivity index (χ4v) is 2.48. The number of benzene rings is 2. The van der Waals surface area contributed by atoms with E-state index < -0.39 is 0 Å². The highest BCUT2D eigenvalue weighted by molar-refractivity contribution is 5.82. The van der Waals surface area contributed by atoms with Gasteiger partial charge in [-0.3, -0.25) is 4.98 Å². The van der Waals surface area contributed by atoms with E-state index in [2.05, 4.69) is 29.4 Å². The number of fused-ring (bicyclic) bond motifs is 1. The maximum atomic E-state index is 9.76. The predicted molar refractivity (Wildman–Crippen MR) is 86.4 cm³/mol. The Hall–Kier alpha value is -2.39. The number of rotatable bonds is 4. The first-order chi connectivity index (χ1) is 10.3. The van der Waals surface area contributed by atoms with E-state index in [1.165, 1.54) is 5.56 Å². The van der Waals surface area contributed by atoms with Gasteiger partial charge < -0.3 is 10.4 Å². The van der Waals surface area contributed by atoms with Gasteiger partial charge in [0.15, 0.2) is 0 Å². The number of aliphatic hydroxyl groups is 1. The Kier molecular flexibility index (Phi) is 3.84. The third kappa shape index (κ3) is 2.88. The van der Waals surface area contributed by atoms with Crippen LogP contribution < -0.4 is 5.32 Å². The van der Waals surface area contributed by atoms with Gasteiger partial charge in [-0.1, -0.05) is 42.0 Å². The zero-order valence-electron chi connectivity index (χ0n) is 12.0. The van der Waals surface area contributed by atoms with Crippen molar-refractivity contribution in [2.45, 2.75) is 13.0 Å². The Labute approximate surface area is 124 Å². The summed E-state index contributed by atoms with van der Waals surface area (Å²) >= 11 is 0. The average Bonchev–Trinajstić information content (AvgIpc) is 2.54. The van der Waals surface area contributed by atoms with Crippen molar-refractivity contribution in [2.75, 3.05) is 11.9 Å². The second kappa shape index (κ2) is 5.94. The van der Waals surface area contributed by atoms with Crippen LogP contribution in [0.5, 0.6) is 0 Å². The minimum Gasteiger partial charge on any atom is -0.394 e. The van der Waals surface area contributed by atoms with Gasteiger partial charge in [-0.25, -0.2) is 0 Å². The number of aromatic nitrogens is 1. The Morgan fingerprint density at radius 2 is 1.81 bits per heavy atom. The number of pyridine rings is 1. The fraction of sp³-hybridized carbons (Fsp3) is 0.167. The molecule has 3 aromatic rings. The molecule has 0 aliphatic heterocycles. The Morgan fingerprint density at radius 1 is 1.05 bits per heavy atom. The molecule has 0 saturated heterocycles. The number of hydrogen-bond acceptors (Lipinski definition) is 3. The Bertz CT molecular complexity index is 732. The van der Waals surface area contributed by atoms with Crippen LogP contribution in [0.25, 0.3) is 10.9 Å². The minimum absolute atomic E-state index is 0.0174. The summed E-state index contributed by atoms with van der Waals surface area (Å²) < 4.78 is 0. The molecule has 0 amide bonds. The lowest BCUT2D eigenvalue weighted by atomic mass is 10.0. The summed E-state index contributed by atoms with van der Waals surface area (Å²) in [5.41, 5.74) is 4.15. The van der Waals surface area contributed by atoms with Crippen molar-refractivity contribution in [1.82, 2.24) is 4.98 Å². The van der Waals surface area contributed by atoms with Crippen LogP contribution in [-0.2, 0) is 0 Å². The molecular formula is C18H18N2O. The van der Waals surface area contributed by atoms with Gasteiger partial charge in [-0.2, -0.15) is 0 Å². The second-order valence-electron chi connectivity index (χ2n) is 5.17. The van der Waals surface area contributed by atoms with Crippen LogP contribution in [0, 0.1) is 6.92 Å². The summed E-state index contributed by atoms with van der Waals surface area (Å²) in [4.78, 5) is 4.45. The lowest BCUT2D eigenvalue weighted by Crippen LogP contribution is -2.15. The van der Waals surface area contributed by atoms with Gasteiger partial charge in [0.05, 0.1) is 18.2 Å². The third-order valence-electron chi connectivity index (χ3n) is 3.61. The van der Waals surface area contributed by atoms with Crippen LogP contribution >= 0.6 is 0 Å². The topological polar surface area (TPSA) is 45.1 Å². The minimum atomic E-state index is -0.175. The number of aryl methyl sites for hydroxylation is 1. The van der Waals surface area contributed by atoms with Crippen LogP contribution in [0.4, 0.5) is 5.69 Å². The van der Waals surface area contributed by atoms with Gasteiger partial charge in [0.1, 0.15) is 0 Å². The molecular weight excluding hydrogens is 260 g/mol. The van der Waals surface area contributed by atoms with Crippen LogP contribution in [0.2, 0.25) is 0 Å². The molecule has 0 radical (unpaired) electrons. The Morgan fingerprint density at radius 3 is 2.57 bits per heavy atom. The molecule has 1 aromatic heterocycles. The van der Waals surface area contributed by atoms with Crippen molar-refractivity contribution in [1.29, 1.82) is 0 Å². The number of para-hydroxylation sites is 1. The molecule has 1 atom stereocenters. The van der Waals surface area contributed by atoms with Gasteiger partial charge in [-0.05, 0) is 25.1 Å². The van der Waals surface area contributed by atoms with Gasteiger partial charge in [0, 0.05) is 22.8 Å². The third-order valence-corrected chi connectivity index (χ3v) is 3.61. The summed E-state index contributed by atoms with van der Waals surface area (Å²) in [7, 11) is 0. The lowest BCUT2D eigenvalue weighted by molar-refractivity contribution is 0.277. The molecule has 1 unspecified atom stereocenters. The second-order valence-corrected chi connectivity index (χ2v) is 5.17. The molecule has 3 nitrogen and oxygen atoms in total. The van der Waals surface area contributed by atoms with E-state index >= 15 is 0 Å². The molecule has 2 aromatic carbocycles. The molecule has 0 bridgehead atoms. The largest absolute Gasteiger partial charge is 0.394 e. The summed E-state index contributed by atoms with van der Waals surface area (Å²) in [5.74, 6) is 0. The zero-order chi connectivity index (χ0) is 14.7. The number of nitrogens with zero attached hydrogens (tertiary/aromatic N) is 1. The first-order valence-electron chi connectivity index (χ1n) is 7.05. The normalized spacial score (nSPS) is 12.3. The molecule has 0 aliphatic rings. The van der Waals surface area contributed by atoms with E-state index in [0.29, 0.717) is 0 Å². The summed E-state index contributed by atoms with van der Waals surface area (Å²) in [6.45, 7) is 2.07. The predicted octanol–water partition coefficient (Wildman–Crippen LogP) is 3.69. The summed E-state index contributed by atoms with van der Waals surface area (Å²) in [6, 6.07) is 18.0. The van der Waals surface area contributed by atoms with Crippen molar-refractivity contribution >= 4 is 16.6 Å². The molecule has 2 N–H and O–H groups in total. The molecule has 0 aliphatic carbocycles. The van der Waals surface area contributed by atoms with Crippen LogP contribution in [0.1, 0.15) is 17.2 Å². The molecule has 0 spiro atoms. The van der Waals surface area contributed by atoms with Gasteiger partial charge in [-0.15, -0.1) is 0 Å². The molecule has 106 valence electrons. The van der Waals surface area contributed by atoms with Crippen molar-refractivity contribution in [3.05, 3.63) is 71.9 Å². The summed E-state index contributed by atoms with van der Waals surface area (Å²) in [5, 5.41) is 14.2. The number of nitrogens with one attached hydrogen (secondary N) is 1. The maximum absolute atomic E-state index is 9.76. The van der Waals surface area contributed by atoms with Crippen LogP contribution in [0.15, 0.2) is 60.8 Å². The van der Waals surface area contributed by atoms with E-state index in [-0.39, 0.29) is 12.6 Å². The maximum Gasteiger partial charge on any atom is 0.0766 e. The average molecular weight is 278 g/mol. The van der Waals surface area contributed by atoms with E-state index in [1.807, 2.05) is 42.5 Å². The highest BCUT2D eigenvalue weighted by Gasteiger charge is 2.14. The summed E-state index contributed by atoms with van der Waals surface area (Å²) in [6.07, 6.45) is 1.78. The lowest BCUT2D eigenvalue weighted by Gasteiger charge is -2.19. The van der Waals surface area contributed by atoms with E-state index in [4.69, 9.17) is 0 Å². The Balaban J connectivity index is 1.96. The molecule has 3 heteroatoms. The van der Waals surface area contributed by atoms with Crippen molar-refractivity contribution in [3.8, 4) is 0 Å². The highest BCUT2D eigenvalue weighted by Crippen LogP contribution is 2.25. The monoisotopic (exact) mass is 278 g/mol. The van der Waals surface area contributed by atoms with E-state index in [1.54, 1.807) is 6.20 Å². The molecule has 3 rings (SSSR count). The van der Waals surface area contributed by atoms with Crippen LogP contribution in [-0.4, -0.2) is 16.7 Å². The molecule has 21 heavy (non-hydrogen) atoms. The van der Waals surface area contributed by atoms with Crippen molar-refractivity contribution in [2.24, 2.45) is 0 Å². The molecule has 0 saturated carbocycles. The quantitative estimate of drug-likeness (QED) is 0.765. The van der Waals surface area contributed by atoms with Crippen molar-refractivity contribution in [3.63, 3.8) is 0 Å². The van der Waals surface area contributed by atoms with E-state index in [0.717, 1.165) is 22.2 Å². The first-order valence-corrected chi connectivity index (χ1v) is 7.05. The first kappa shape index (κ1) is 13.6.